The zero-order valence-electron chi connectivity index (χ0n) is 10.0. The summed E-state index contributed by atoms with van der Waals surface area (Å²) < 4.78 is 1.91. The van der Waals surface area contributed by atoms with Gasteiger partial charge in [-0.25, -0.2) is 4.98 Å². The monoisotopic (exact) mass is 215 g/mol. The van der Waals surface area contributed by atoms with E-state index >= 15 is 0 Å². The summed E-state index contributed by atoms with van der Waals surface area (Å²) in [5.74, 6) is 0.796. The normalized spacial score (nSPS) is 11.7. The van der Waals surface area contributed by atoms with E-state index in [1.165, 1.54) is 0 Å². The zero-order chi connectivity index (χ0) is 11.6. The standard InChI is InChI=1S/C13H17N3/c1-13(2,3)9-16-10-14-12(15-16)11-7-5-4-6-8-11/h4-8,10H,9H2,1-3H3. The van der Waals surface area contributed by atoms with Crippen LogP contribution >= 0.6 is 0 Å². The summed E-state index contributed by atoms with van der Waals surface area (Å²) >= 11 is 0. The first-order chi connectivity index (χ1) is 7.54. The van der Waals surface area contributed by atoms with E-state index in [0.717, 1.165) is 17.9 Å². The van der Waals surface area contributed by atoms with Crippen LogP contribution in [0.5, 0.6) is 0 Å². The molecule has 1 aromatic heterocycles. The van der Waals surface area contributed by atoms with Gasteiger partial charge in [0.1, 0.15) is 6.33 Å². The molecule has 0 unspecified atom stereocenters. The largest absolute Gasteiger partial charge is 0.252 e. The van der Waals surface area contributed by atoms with Gasteiger partial charge >= 0.3 is 0 Å². The Kier molecular flexibility index (Phi) is 2.77. The smallest absolute Gasteiger partial charge is 0.181 e. The van der Waals surface area contributed by atoms with E-state index in [4.69, 9.17) is 0 Å². The Labute approximate surface area is 96.1 Å². The number of aromatic nitrogens is 3. The van der Waals surface area contributed by atoms with E-state index in [0.29, 0.717) is 0 Å². The second kappa shape index (κ2) is 4.08. The minimum atomic E-state index is 0.224. The molecule has 0 N–H and O–H groups in total. The SMILES string of the molecule is CC(C)(C)Cn1cnc(-c2ccccc2)n1. The Morgan fingerprint density at radius 2 is 1.81 bits per heavy atom. The van der Waals surface area contributed by atoms with Crippen LogP contribution in [0.25, 0.3) is 11.4 Å². The van der Waals surface area contributed by atoms with E-state index in [2.05, 4.69) is 30.9 Å². The highest BCUT2D eigenvalue weighted by molar-refractivity contribution is 5.53. The number of nitrogens with zero attached hydrogens (tertiary/aromatic N) is 3. The molecule has 3 nitrogen and oxygen atoms in total. The van der Waals surface area contributed by atoms with Crippen LogP contribution < -0.4 is 0 Å². The van der Waals surface area contributed by atoms with Crippen molar-refractivity contribution in [3.63, 3.8) is 0 Å². The summed E-state index contributed by atoms with van der Waals surface area (Å²) in [6.45, 7) is 7.46. The molecule has 1 aromatic carbocycles. The molecular formula is C13H17N3. The molecule has 2 aromatic rings. The molecule has 0 spiro atoms. The molecule has 0 aliphatic carbocycles. The van der Waals surface area contributed by atoms with Crippen molar-refractivity contribution in [1.29, 1.82) is 0 Å². The molecule has 84 valence electrons. The average molecular weight is 215 g/mol. The molecule has 0 saturated carbocycles. The zero-order valence-corrected chi connectivity index (χ0v) is 10.0. The lowest BCUT2D eigenvalue weighted by atomic mass is 9.97. The van der Waals surface area contributed by atoms with Crippen molar-refractivity contribution in [2.45, 2.75) is 27.3 Å². The first-order valence-corrected chi connectivity index (χ1v) is 5.49. The predicted octanol–water partition coefficient (Wildman–Crippen LogP) is 2.99. The van der Waals surface area contributed by atoms with Gasteiger partial charge in [-0.1, -0.05) is 51.1 Å². The topological polar surface area (TPSA) is 30.7 Å². The van der Waals surface area contributed by atoms with Crippen LogP contribution in [-0.2, 0) is 6.54 Å². The molecule has 0 amide bonds. The van der Waals surface area contributed by atoms with Gasteiger partial charge in [0, 0.05) is 12.1 Å². The maximum Gasteiger partial charge on any atom is 0.181 e. The summed E-state index contributed by atoms with van der Waals surface area (Å²) in [5.41, 5.74) is 1.29. The lowest BCUT2D eigenvalue weighted by molar-refractivity contribution is 0.325. The molecule has 3 heteroatoms. The molecule has 0 aliphatic heterocycles. The summed E-state index contributed by atoms with van der Waals surface area (Å²) in [6, 6.07) is 10.0. The molecule has 0 fully saturated rings. The molecule has 0 radical (unpaired) electrons. The van der Waals surface area contributed by atoms with Crippen molar-refractivity contribution in [3.8, 4) is 11.4 Å². The second-order valence-electron chi connectivity index (χ2n) is 5.19. The van der Waals surface area contributed by atoms with E-state index in [9.17, 15) is 0 Å². The minimum Gasteiger partial charge on any atom is -0.252 e. The third kappa shape index (κ3) is 2.69. The molecule has 0 saturated heterocycles. The van der Waals surface area contributed by atoms with Gasteiger partial charge in [-0.3, -0.25) is 4.68 Å². The van der Waals surface area contributed by atoms with Gasteiger partial charge < -0.3 is 0 Å². The summed E-state index contributed by atoms with van der Waals surface area (Å²) in [6.07, 6.45) is 1.80. The minimum absolute atomic E-state index is 0.224. The second-order valence-corrected chi connectivity index (χ2v) is 5.19. The van der Waals surface area contributed by atoms with E-state index < -0.39 is 0 Å². The maximum absolute atomic E-state index is 4.47. The molecule has 0 aliphatic rings. The Morgan fingerprint density at radius 3 is 2.44 bits per heavy atom. The first-order valence-electron chi connectivity index (χ1n) is 5.49. The van der Waals surface area contributed by atoms with E-state index in [1.807, 2.05) is 35.0 Å². The van der Waals surface area contributed by atoms with Gasteiger partial charge in [-0.15, -0.1) is 0 Å². The fraction of sp³-hybridized carbons (Fsp3) is 0.385. The van der Waals surface area contributed by atoms with Crippen molar-refractivity contribution >= 4 is 0 Å². The third-order valence-corrected chi connectivity index (χ3v) is 2.20. The number of rotatable bonds is 2. The lowest BCUT2D eigenvalue weighted by Gasteiger charge is -2.16. The van der Waals surface area contributed by atoms with Gasteiger partial charge in [-0.2, -0.15) is 5.10 Å². The lowest BCUT2D eigenvalue weighted by Crippen LogP contribution is -2.15. The van der Waals surface area contributed by atoms with Gasteiger partial charge in [0.2, 0.25) is 0 Å². The highest BCUT2D eigenvalue weighted by atomic mass is 15.3. The van der Waals surface area contributed by atoms with Gasteiger partial charge in [0.15, 0.2) is 5.82 Å². The number of hydrogen-bond donors (Lipinski definition) is 0. The van der Waals surface area contributed by atoms with E-state index in [1.54, 1.807) is 6.33 Å². The molecule has 1 heterocycles. The molecular weight excluding hydrogens is 198 g/mol. The highest BCUT2D eigenvalue weighted by Crippen LogP contribution is 2.17. The Morgan fingerprint density at radius 1 is 1.12 bits per heavy atom. The average Bonchev–Trinajstić information content (AvgIpc) is 2.65. The molecule has 0 bridgehead atoms. The predicted molar refractivity (Wildman–Crippen MR) is 64.9 cm³/mol. The van der Waals surface area contributed by atoms with Crippen molar-refractivity contribution in [2.24, 2.45) is 5.41 Å². The molecule has 16 heavy (non-hydrogen) atoms. The first kappa shape index (κ1) is 10.9. The number of hydrogen-bond acceptors (Lipinski definition) is 2. The van der Waals surface area contributed by atoms with Gasteiger partial charge in [0.25, 0.3) is 0 Å². The van der Waals surface area contributed by atoms with Crippen molar-refractivity contribution in [2.75, 3.05) is 0 Å². The summed E-state index contributed by atoms with van der Waals surface area (Å²) in [7, 11) is 0. The van der Waals surface area contributed by atoms with Gasteiger partial charge in [-0.05, 0) is 5.41 Å². The van der Waals surface area contributed by atoms with Crippen molar-refractivity contribution < 1.29 is 0 Å². The fourth-order valence-corrected chi connectivity index (χ4v) is 1.58. The number of benzene rings is 1. The van der Waals surface area contributed by atoms with Crippen LogP contribution in [0.15, 0.2) is 36.7 Å². The maximum atomic E-state index is 4.47. The van der Waals surface area contributed by atoms with Crippen LogP contribution in [0.1, 0.15) is 20.8 Å². The molecule has 2 rings (SSSR count). The van der Waals surface area contributed by atoms with Crippen LogP contribution in [-0.4, -0.2) is 14.8 Å². The summed E-state index contributed by atoms with van der Waals surface area (Å²) in [4.78, 5) is 4.32. The summed E-state index contributed by atoms with van der Waals surface area (Å²) in [5, 5.41) is 4.47. The van der Waals surface area contributed by atoms with Crippen molar-refractivity contribution in [3.05, 3.63) is 36.7 Å². The third-order valence-electron chi connectivity index (χ3n) is 2.20. The Balaban J connectivity index is 2.21. The van der Waals surface area contributed by atoms with Crippen molar-refractivity contribution in [1.82, 2.24) is 14.8 Å². The van der Waals surface area contributed by atoms with Crippen LogP contribution in [0.2, 0.25) is 0 Å². The quantitative estimate of drug-likeness (QED) is 0.771. The van der Waals surface area contributed by atoms with Gasteiger partial charge in [0.05, 0.1) is 0 Å². The Bertz CT molecular complexity index is 452. The van der Waals surface area contributed by atoms with Crippen LogP contribution in [0, 0.1) is 5.41 Å². The molecule has 0 atom stereocenters. The highest BCUT2D eigenvalue weighted by Gasteiger charge is 2.12. The van der Waals surface area contributed by atoms with E-state index in [-0.39, 0.29) is 5.41 Å². The fourth-order valence-electron chi connectivity index (χ4n) is 1.58. The van der Waals surface area contributed by atoms with Crippen LogP contribution in [0.4, 0.5) is 0 Å². The Hall–Kier alpha value is -1.64. The van der Waals surface area contributed by atoms with Crippen LogP contribution in [0.3, 0.4) is 0 Å².